The van der Waals surface area contributed by atoms with Crippen LogP contribution in [0.25, 0.3) is 0 Å². The number of methoxy groups -OCH3 is 1. The first kappa shape index (κ1) is 21.7. The van der Waals surface area contributed by atoms with Gasteiger partial charge in [0.15, 0.2) is 4.34 Å². The molecule has 1 aromatic carbocycles. The zero-order chi connectivity index (χ0) is 20.0. The maximum absolute atomic E-state index is 12.3. The Morgan fingerprint density at radius 3 is 2.74 bits per heavy atom. The number of hydrogen-bond acceptors (Lipinski definition) is 8. The number of aromatic nitrogens is 2. The highest BCUT2D eigenvalue weighted by atomic mass is 35.5. The van der Waals surface area contributed by atoms with Crippen molar-refractivity contribution in [1.82, 2.24) is 10.2 Å². The molecule has 0 saturated heterocycles. The molecule has 27 heavy (non-hydrogen) atoms. The summed E-state index contributed by atoms with van der Waals surface area (Å²) in [4.78, 5) is 12.3. The Hall–Kier alpha value is -1.56. The summed E-state index contributed by atoms with van der Waals surface area (Å²) in [6.07, 6.45) is 2.02. The number of nitrogens with zero attached hydrogens (tertiary/aromatic N) is 3. The van der Waals surface area contributed by atoms with Gasteiger partial charge in [-0.05, 0) is 24.6 Å². The lowest BCUT2D eigenvalue weighted by Gasteiger charge is -2.22. The smallest absolute Gasteiger partial charge is 0.246 e. The zero-order valence-electron chi connectivity index (χ0n) is 14.9. The van der Waals surface area contributed by atoms with Gasteiger partial charge in [-0.3, -0.25) is 14.4 Å². The molecule has 0 unspecified atom stereocenters. The monoisotopic (exact) mass is 450 g/mol. The Balaban J connectivity index is 2.13. The van der Waals surface area contributed by atoms with E-state index in [1.165, 1.54) is 36.6 Å². The van der Waals surface area contributed by atoms with Gasteiger partial charge in [-0.25, -0.2) is 8.42 Å². The van der Waals surface area contributed by atoms with E-state index in [4.69, 9.17) is 16.3 Å². The van der Waals surface area contributed by atoms with Crippen LogP contribution in [-0.2, 0) is 14.8 Å². The summed E-state index contributed by atoms with van der Waals surface area (Å²) in [5, 5.41) is 11.0. The first-order chi connectivity index (χ1) is 12.7. The summed E-state index contributed by atoms with van der Waals surface area (Å²) in [7, 11) is -2.26. The van der Waals surface area contributed by atoms with E-state index in [-0.39, 0.29) is 10.7 Å². The van der Waals surface area contributed by atoms with Gasteiger partial charge in [0, 0.05) is 5.75 Å². The van der Waals surface area contributed by atoms with E-state index >= 15 is 0 Å². The molecule has 0 saturated carbocycles. The molecule has 8 nitrogen and oxygen atoms in total. The molecule has 12 heteroatoms. The number of nitrogens with one attached hydrogen (secondary N) is 1. The minimum absolute atomic E-state index is 0.241. The molecule has 2 aromatic rings. The highest BCUT2D eigenvalue weighted by Crippen LogP contribution is 2.30. The number of halogens is 1. The van der Waals surface area contributed by atoms with Gasteiger partial charge in [0.2, 0.25) is 21.1 Å². The average Bonchev–Trinajstić information content (AvgIpc) is 3.04. The number of carbonyl (C=O) groups is 1. The molecule has 148 valence electrons. The maximum atomic E-state index is 12.3. The molecule has 0 radical (unpaired) electrons. The van der Waals surface area contributed by atoms with Crippen LogP contribution in [0.3, 0.4) is 0 Å². The Kier molecular flexibility index (Phi) is 7.71. The number of rotatable bonds is 9. The van der Waals surface area contributed by atoms with Crippen LogP contribution < -0.4 is 14.4 Å². The van der Waals surface area contributed by atoms with Crippen molar-refractivity contribution in [3.63, 3.8) is 0 Å². The molecule has 0 fully saturated rings. The second-order valence-corrected chi connectivity index (χ2v) is 9.99. The number of amides is 1. The predicted molar refractivity (Wildman–Crippen MR) is 110 cm³/mol. The largest absolute Gasteiger partial charge is 0.495 e. The normalized spacial score (nSPS) is 11.3. The number of benzene rings is 1. The highest BCUT2D eigenvalue weighted by molar-refractivity contribution is 8.01. The first-order valence-corrected chi connectivity index (χ1v) is 11.8. The van der Waals surface area contributed by atoms with Crippen LogP contribution in [0.2, 0.25) is 5.02 Å². The molecule has 0 bridgehead atoms. The molecule has 1 heterocycles. The number of hydrogen-bond donors (Lipinski definition) is 1. The van der Waals surface area contributed by atoms with Gasteiger partial charge >= 0.3 is 0 Å². The molecule has 1 aromatic heterocycles. The second-order valence-electron chi connectivity index (χ2n) is 5.36. The van der Waals surface area contributed by atoms with Gasteiger partial charge in [-0.2, -0.15) is 0 Å². The van der Waals surface area contributed by atoms with E-state index in [1.807, 2.05) is 0 Å². The van der Waals surface area contributed by atoms with Crippen LogP contribution in [0.15, 0.2) is 22.5 Å². The van der Waals surface area contributed by atoms with Crippen LogP contribution in [0.4, 0.5) is 10.8 Å². The van der Waals surface area contributed by atoms with Crippen molar-refractivity contribution in [2.24, 2.45) is 0 Å². The summed E-state index contributed by atoms with van der Waals surface area (Å²) >= 11 is 8.86. The third-order valence-corrected chi connectivity index (χ3v) is 6.81. The lowest BCUT2D eigenvalue weighted by atomic mass is 10.3. The van der Waals surface area contributed by atoms with Crippen molar-refractivity contribution in [3.05, 3.63) is 23.2 Å². The van der Waals surface area contributed by atoms with Crippen molar-refractivity contribution in [2.75, 3.05) is 35.3 Å². The molecule has 0 aliphatic rings. The van der Waals surface area contributed by atoms with Gasteiger partial charge < -0.3 is 4.74 Å². The molecule has 0 spiro atoms. The van der Waals surface area contributed by atoms with E-state index in [0.29, 0.717) is 10.9 Å². The lowest BCUT2D eigenvalue weighted by molar-refractivity contribution is -0.114. The average molecular weight is 451 g/mol. The fraction of sp³-hybridized carbons (Fsp3) is 0.400. The third kappa shape index (κ3) is 6.23. The topological polar surface area (TPSA) is 101 Å². The molecular weight excluding hydrogens is 432 g/mol. The SMILES string of the molecule is CCCSc1nnc(NC(=O)CN(c2ccc(OC)c(Cl)c2)S(C)(=O)=O)s1. The van der Waals surface area contributed by atoms with Crippen molar-refractivity contribution in [2.45, 2.75) is 17.7 Å². The van der Waals surface area contributed by atoms with Gasteiger partial charge in [-0.1, -0.05) is 41.6 Å². The van der Waals surface area contributed by atoms with E-state index < -0.39 is 22.5 Å². The van der Waals surface area contributed by atoms with Crippen LogP contribution in [0.5, 0.6) is 5.75 Å². The standard InChI is InChI=1S/C15H19ClN4O4S3/c1-4-7-25-15-19-18-14(26-15)17-13(21)9-20(27(3,22)23)10-5-6-12(24-2)11(16)8-10/h5-6,8H,4,7,9H2,1-3H3,(H,17,18,21). The number of carbonyl (C=O) groups excluding carboxylic acids is 1. The van der Waals surface area contributed by atoms with Crippen LogP contribution in [0, 0.1) is 0 Å². The van der Waals surface area contributed by atoms with Crippen molar-refractivity contribution < 1.29 is 17.9 Å². The molecule has 0 atom stereocenters. The molecule has 0 aliphatic carbocycles. The van der Waals surface area contributed by atoms with E-state index in [9.17, 15) is 13.2 Å². The lowest BCUT2D eigenvalue weighted by Crippen LogP contribution is -2.37. The van der Waals surface area contributed by atoms with Crippen LogP contribution in [-0.4, -0.2) is 50.2 Å². The summed E-state index contributed by atoms with van der Waals surface area (Å²) in [6, 6.07) is 4.48. The quantitative estimate of drug-likeness (QED) is 0.462. The number of ether oxygens (including phenoxy) is 1. The van der Waals surface area contributed by atoms with Gasteiger partial charge in [0.1, 0.15) is 12.3 Å². The molecule has 0 aliphatic heterocycles. The number of anilines is 2. The molecular formula is C15H19ClN4O4S3. The van der Waals surface area contributed by atoms with E-state index in [2.05, 4.69) is 22.4 Å². The summed E-state index contributed by atoms with van der Waals surface area (Å²) in [5.74, 6) is 0.780. The van der Waals surface area contributed by atoms with Gasteiger partial charge in [0.25, 0.3) is 0 Å². The van der Waals surface area contributed by atoms with E-state index in [1.54, 1.807) is 11.8 Å². The Labute approximate surface area is 171 Å². The number of thioether (sulfide) groups is 1. The fourth-order valence-electron chi connectivity index (χ4n) is 2.01. The molecule has 1 amide bonds. The summed E-state index contributed by atoms with van der Waals surface area (Å²) < 4.78 is 31.1. The van der Waals surface area contributed by atoms with Gasteiger partial charge in [0.05, 0.1) is 24.1 Å². The first-order valence-electron chi connectivity index (χ1n) is 7.82. The van der Waals surface area contributed by atoms with Crippen LogP contribution in [0.1, 0.15) is 13.3 Å². The Bertz CT molecular complexity index is 904. The number of sulfonamides is 1. The molecule has 2 rings (SSSR count). The maximum Gasteiger partial charge on any atom is 0.246 e. The van der Waals surface area contributed by atoms with Crippen molar-refractivity contribution in [3.8, 4) is 5.75 Å². The second kappa shape index (κ2) is 9.58. The van der Waals surface area contributed by atoms with Gasteiger partial charge in [-0.15, -0.1) is 10.2 Å². The Morgan fingerprint density at radius 1 is 1.41 bits per heavy atom. The highest BCUT2D eigenvalue weighted by Gasteiger charge is 2.22. The summed E-state index contributed by atoms with van der Waals surface area (Å²) in [5.41, 5.74) is 0.259. The van der Waals surface area contributed by atoms with Crippen molar-refractivity contribution in [1.29, 1.82) is 0 Å². The third-order valence-electron chi connectivity index (χ3n) is 3.19. The minimum atomic E-state index is -3.71. The Morgan fingerprint density at radius 2 is 2.15 bits per heavy atom. The van der Waals surface area contributed by atoms with Crippen molar-refractivity contribution >= 4 is 61.4 Å². The summed E-state index contributed by atoms with van der Waals surface area (Å²) in [6.45, 7) is 1.64. The minimum Gasteiger partial charge on any atom is -0.495 e. The predicted octanol–water partition coefficient (Wildman–Crippen LogP) is 3.11. The molecule has 1 N–H and O–H groups in total. The van der Waals surface area contributed by atoms with Crippen LogP contribution >= 0.6 is 34.7 Å². The fourth-order valence-corrected chi connectivity index (χ4v) is 4.80. The zero-order valence-corrected chi connectivity index (χ0v) is 18.1. The van der Waals surface area contributed by atoms with E-state index in [0.717, 1.165) is 27.1 Å².